The van der Waals surface area contributed by atoms with Gasteiger partial charge in [0.05, 0.1) is 6.61 Å². The quantitative estimate of drug-likeness (QED) is 0.265. The van der Waals surface area contributed by atoms with E-state index in [2.05, 4.69) is 0 Å². The summed E-state index contributed by atoms with van der Waals surface area (Å²) in [5.41, 5.74) is 0.708. The minimum Gasteiger partial charge on any atom is -0.364 e. The summed E-state index contributed by atoms with van der Waals surface area (Å²) >= 11 is 0. The Morgan fingerprint density at radius 1 is 1.58 bits per heavy atom. The van der Waals surface area contributed by atoms with Gasteiger partial charge in [0.1, 0.15) is 12.4 Å². The number of hydrogen-bond donors (Lipinski definition) is 0. The van der Waals surface area contributed by atoms with Gasteiger partial charge in [0.15, 0.2) is 5.78 Å². The molecule has 0 spiro atoms. The third-order valence-corrected chi connectivity index (χ3v) is 1.75. The van der Waals surface area contributed by atoms with E-state index in [-0.39, 0.29) is 11.9 Å². The molecular formula is C9H12O3. The zero-order valence-corrected chi connectivity index (χ0v) is 7.08. The Morgan fingerprint density at radius 2 is 2.25 bits per heavy atom. The van der Waals surface area contributed by atoms with Crippen molar-refractivity contribution in [3.8, 4) is 0 Å². The molecule has 1 fully saturated rings. The summed E-state index contributed by atoms with van der Waals surface area (Å²) < 4.78 is 4.84. The molecule has 66 valence electrons. The Labute approximate surface area is 71.4 Å². The number of epoxide rings is 1. The molecule has 1 aliphatic rings. The van der Waals surface area contributed by atoms with Crippen LogP contribution in [0.4, 0.5) is 0 Å². The molecule has 0 aliphatic carbocycles. The SMILES string of the molecule is CC(=CCCC=O)C(=O)C1CO1. The molecule has 0 aromatic heterocycles. The van der Waals surface area contributed by atoms with Gasteiger partial charge in [0.25, 0.3) is 0 Å². The second-order valence-corrected chi connectivity index (χ2v) is 2.82. The molecule has 1 unspecified atom stereocenters. The Morgan fingerprint density at radius 3 is 2.75 bits per heavy atom. The first-order chi connectivity index (χ1) is 5.75. The highest BCUT2D eigenvalue weighted by Crippen LogP contribution is 2.15. The van der Waals surface area contributed by atoms with Crippen molar-refractivity contribution in [1.82, 2.24) is 0 Å². The van der Waals surface area contributed by atoms with Crippen LogP contribution in [-0.2, 0) is 14.3 Å². The highest BCUT2D eigenvalue weighted by molar-refractivity contribution is 5.99. The second kappa shape index (κ2) is 4.16. The van der Waals surface area contributed by atoms with Gasteiger partial charge in [0.2, 0.25) is 0 Å². The number of unbranched alkanes of at least 4 members (excludes halogenated alkanes) is 1. The average Bonchev–Trinajstić information content (AvgIpc) is 2.86. The monoisotopic (exact) mass is 168 g/mol. The predicted molar refractivity (Wildman–Crippen MR) is 43.8 cm³/mol. The third kappa shape index (κ3) is 2.58. The molecule has 0 amide bonds. The number of ether oxygens (including phenoxy) is 1. The summed E-state index contributed by atoms with van der Waals surface area (Å²) in [6, 6.07) is 0. The normalized spacial score (nSPS) is 22.1. The van der Waals surface area contributed by atoms with E-state index in [4.69, 9.17) is 4.74 Å². The van der Waals surface area contributed by atoms with Crippen LogP contribution in [0.15, 0.2) is 11.6 Å². The summed E-state index contributed by atoms with van der Waals surface area (Å²) in [5.74, 6) is 0.0564. The second-order valence-electron chi connectivity index (χ2n) is 2.82. The number of aldehydes is 1. The fourth-order valence-corrected chi connectivity index (χ4v) is 0.922. The summed E-state index contributed by atoms with van der Waals surface area (Å²) in [4.78, 5) is 21.2. The van der Waals surface area contributed by atoms with Gasteiger partial charge in [-0.3, -0.25) is 4.79 Å². The van der Waals surface area contributed by atoms with Crippen molar-refractivity contribution < 1.29 is 14.3 Å². The number of ketones is 1. The van der Waals surface area contributed by atoms with Gasteiger partial charge in [-0.25, -0.2) is 0 Å². The first-order valence-electron chi connectivity index (χ1n) is 4.02. The summed E-state index contributed by atoms with van der Waals surface area (Å²) in [7, 11) is 0. The van der Waals surface area contributed by atoms with Crippen LogP contribution < -0.4 is 0 Å². The summed E-state index contributed by atoms with van der Waals surface area (Å²) in [5, 5.41) is 0. The van der Waals surface area contributed by atoms with Crippen molar-refractivity contribution in [2.24, 2.45) is 0 Å². The van der Waals surface area contributed by atoms with E-state index in [1.807, 2.05) is 0 Å². The van der Waals surface area contributed by atoms with Gasteiger partial charge in [-0.2, -0.15) is 0 Å². The van der Waals surface area contributed by atoms with Gasteiger partial charge < -0.3 is 9.53 Å². The number of Topliss-reactive ketones (excluding diaryl/α,β-unsaturated/α-hetero) is 1. The van der Waals surface area contributed by atoms with Gasteiger partial charge in [-0.1, -0.05) is 6.08 Å². The van der Waals surface area contributed by atoms with Gasteiger partial charge in [-0.15, -0.1) is 0 Å². The number of hydrogen-bond acceptors (Lipinski definition) is 3. The highest BCUT2D eigenvalue weighted by atomic mass is 16.6. The molecule has 1 rings (SSSR count). The molecule has 0 aromatic carbocycles. The third-order valence-electron chi connectivity index (χ3n) is 1.75. The molecule has 3 nitrogen and oxygen atoms in total. The van der Waals surface area contributed by atoms with E-state index in [0.717, 1.165) is 6.29 Å². The number of allylic oxidation sites excluding steroid dienone is 1. The number of carbonyl (C=O) groups is 2. The molecule has 0 saturated carbocycles. The van der Waals surface area contributed by atoms with Crippen LogP contribution in [0.5, 0.6) is 0 Å². The number of carbonyl (C=O) groups excluding carboxylic acids is 2. The summed E-state index contributed by atoms with van der Waals surface area (Å²) in [6.07, 6.45) is 3.57. The number of rotatable bonds is 5. The van der Waals surface area contributed by atoms with Crippen LogP contribution in [0.3, 0.4) is 0 Å². The Hall–Kier alpha value is -0.960. The molecule has 0 N–H and O–H groups in total. The van der Waals surface area contributed by atoms with Crippen molar-refractivity contribution in [3.05, 3.63) is 11.6 Å². The van der Waals surface area contributed by atoms with E-state index in [1.54, 1.807) is 13.0 Å². The maximum Gasteiger partial charge on any atom is 0.189 e. The Kier molecular flexibility index (Phi) is 3.17. The van der Waals surface area contributed by atoms with Crippen LogP contribution >= 0.6 is 0 Å². The standard InChI is InChI=1S/C9H12O3/c1-7(4-2-3-5-10)9(11)8-6-12-8/h4-5,8H,2-3,6H2,1H3. The van der Waals surface area contributed by atoms with E-state index in [1.165, 1.54) is 0 Å². The summed E-state index contributed by atoms with van der Waals surface area (Å²) in [6.45, 7) is 2.31. The van der Waals surface area contributed by atoms with Crippen LogP contribution in [0.1, 0.15) is 19.8 Å². The molecule has 1 heterocycles. The maximum atomic E-state index is 11.2. The van der Waals surface area contributed by atoms with Gasteiger partial charge >= 0.3 is 0 Å². The molecule has 0 bridgehead atoms. The first kappa shape index (κ1) is 9.13. The molecule has 1 aliphatic heterocycles. The molecule has 1 saturated heterocycles. The van der Waals surface area contributed by atoms with Crippen LogP contribution in [0, 0.1) is 0 Å². The Bertz CT molecular complexity index is 214. The van der Waals surface area contributed by atoms with E-state index in [0.29, 0.717) is 25.0 Å². The molecule has 0 aromatic rings. The van der Waals surface area contributed by atoms with Crippen LogP contribution in [0.25, 0.3) is 0 Å². The Balaban J connectivity index is 2.33. The lowest BCUT2D eigenvalue weighted by atomic mass is 10.1. The smallest absolute Gasteiger partial charge is 0.189 e. The van der Waals surface area contributed by atoms with Crippen LogP contribution in [-0.4, -0.2) is 24.8 Å². The maximum absolute atomic E-state index is 11.2. The lowest BCUT2D eigenvalue weighted by molar-refractivity contribution is -0.116. The lowest BCUT2D eigenvalue weighted by Crippen LogP contribution is -2.07. The zero-order chi connectivity index (χ0) is 8.97. The van der Waals surface area contributed by atoms with Crippen LogP contribution in [0.2, 0.25) is 0 Å². The lowest BCUT2D eigenvalue weighted by Gasteiger charge is -1.94. The topological polar surface area (TPSA) is 46.7 Å². The largest absolute Gasteiger partial charge is 0.364 e. The van der Waals surface area contributed by atoms with Crippen molar-refractivity contribution in [1.29, 1.82) is 0 Å². The van der Waals surface area contributed by atoms with E-state index in [9.17, 15) is 9.59 Å². The fraction of sp³-hybridized carbons (Fsp3) is 0.556. The molecular weight excluding hydrogens is 156 g/mol. The average molecular weight is 168 g/mol. The van der Waals surface area contributed by atoms with Crippen molar-refractivity contribution in [2.45, 2.75) is 25.9 Å². The predicted octanol–water partition coefficient (Wildman–Crippen LogP) is 0.880. The zero-order valence-electron chi connectivity index (χ0n) is 7.08. The van der Waals surface area contributed by atoms with Crippen molar-refractivity contribution in [2.75, 3.05) is 6.61 Å². The van der Waals surface area contributed by atoms with Gasteiger partial charge in [-0.05, 0) is 18.9 Å². The molecule has 0 radical (unpaired) electrons. The fourth-order valence-electron chi connectivity index (χ4n) is 0.922. The molecule has 1 atom stereocenters. The van der Waals surface area contributed by atoms with Crippen molar-refractivity contribution in [3.63, 3.8) is 0 Å². The minimum atomic E-state index is -0.197. The van der Waals surface area contributed by atoms with E-state index >= 15 is 0 Å². The molecule has 3 heteroatoms. The van der Waals surface area contributed by atoms with Crippen molar-refractivity contribution >= 4 is 12.1 Å². The van der Waals surface area contributed by atoms with Gasteiger partial charge in [0, 0.05) is 6.42 Å². The molecule has 12 heavy (non-hydrogen) atoms. The highest BCUT2D eigenvalue weighted by Gasteiger charge is 2.31. The minimum absolute atomic E-state index is 0.0564. The van der Waals surface area contributed by atoms with E-state index < -0.39 is 0 Å². The first-order valence-corrected chi connectivity index (χ1v) is 4.02.